The van der Waals surface area contributed by atoms with Gasteiger partial charge < -0.3 is 9.80 Å². The fourth-order valence-corrected chi connectivity index (χ4v) is 4.04. The molecule has 3 rings (SSSR count). The highest BCUT2D eigenvalue weighted by molar-refractivity contribution is 5.84. The van der Waals surface area contributed by atoms with E-state index in [-0.39, 0.29) is 23.8 Å². The minimum Gasteiger partial charge on any atom is -0.342 e. The highest BCUT2D eigenvalue weighted by Crippen LogP contribution is 2.26. The Morgan fingerprint density at radius 2 is 2.04 bits per heavy atom. The van der Waals surface area contributed by atoms with Crippen LogP contribution >= 0.6 is 0 Å². The van der Waals surface area contributed by atoms with E-state index < -0.39 is 0 Å². The zero-order valence-corrected chi connectivity index (χ0v) is 15.4. The van der Waals surface area contributed by atoms with E-state index >= 15 is 0 Å². The number of amides is 2. The minimum atomic E-state index is -0.0185. The van der Waals surface area contributed by atoms with Gasteiger partial charge in [0.25, 0.3) is 0 Å². The molecule has 0 bridgehead atoms. The van der Waals surface area contributed by atoms with E-state index in [4.69, 9.17) is 0 Å². The lowest BCUT2D eigenvalue weighted by Gasteiger charge is -2.39. The third-order valence-electron chi connectivity index (χ3n) is 5.59. The van der Waals surface area contributed by atoms with Gasteiger partial charge in [0.2, 0.25) is 11.8 Å². The molecule has 2 fully saturated rings. The Morgan fingerprint density at radius 1 is 1.28 bits per heavy atom. The summed E-state index contributed by atoms with van der Waals surface area (Å²) in [7, 11) is 0. The number of pyridine rings is 1. The van der Waals surface area contributed by atoms with Gasteiger partial charge in [-0.05, 0) is 57.1 Å². The Kier molecular flexibility index (Phi) is 5.71. The summed E-state index contributed by atoms with van der Waals surface area (Å²) in [4.78, 5) is 32.9. The lowest BCUT2D eigenvalue weighted by atomic mass is 9.89. The van der Waals surface area contributed by atoms with Crippen molar-refractivity contribution in [3.8, 4) is 0 Å². The van der Waals surface area contributed by atoms with Crippen LogP contribution in [0.4, 0.5) is 0 Å². The van der Waals surface area contributed by atoms with E-state index in [1.807, 2.05) is 35.9 Å². The molecule has 2 aliphatic rings. The predicted molar refractivity (Wildman–Crippen MR) is 96.8 cm³/mol. The topological polar surface area (TPSA) is 53.5 Å². The number of rotatable bonds is 4. The van der Waals surface area contributed by atoms with Gasteiger partial charge in [-0.1, -0.05) is 6.07 Å². The van der Waals surface area contributed by atoms with Gasteiger partial charge in [-0.15, -0.1) is 0 Å². The molecule has 2 amide bonds. The number of aromatic nitrogens is 1. The molecule has 0 saturated carbocycles. The van der Waals surface area contributed by atoms with Crippen LogP contribution in [0.25, 0.3) is 0 Å². The molecule has 1 aromatic rings. The van der Waals surface area contributed by atoms with Crippen molar-refractivity contribution in [1.82, 2.24) is 14.8 Å². The van der Waals surface area contributed by atoms with E-state index in [1.54, 1.807) is 6.20 Å². The van der Waals surface area contributed by atoms with Crippen LogP contribution in [0.15, 0.2) is 24.5 Å². The predicted octanol–water partition coefficient (Wildman–Crippen LogP) is 2.51. The highest BCUT2D eigenvalue weighted by atomic mass is 16.2. The third kappa shape index (κ3) is 4.39. The van der Waals surface area contributed by atoms with Gasteiger partial charge in [0.1, 0.15) is 0 Å². The van der Waals surface area contributed by atoms with Crippen molar-refractivity contribution in [2.45, 2.75) is 52.0 Å². The minimum absolute atomic E-state index is 0.0185. The van der Waals surface area contributed by atoms with Gasteiger partial charge in [-0.2, -0.15) is 0 Å². The molecule has 2 saturated heterocycles. The van der Waals surface area contributed by atoms with Crippen LogP contribution in [0.1, 0.15) is 45.1 Å². The maximum atomic E-state index is 12.9. The summed E-state index contributed by atoms with van der Waals surface area (Å²) >= 11 is 0. The monoisotopic (exact) mass is 343 g/mol. The van der Waals surface area contributed by atoms with Gasteiger partial charge in [0.15, 0.2) is 0 Å². The highest BCUT2D eigenvalue weighted by Gasteiger charge is 2.34. The number of piperidine rings is 2. The Hall–Kier alpha value is -1.91. The largest absolute Gasteiger partial charge is 0.342 e. The second-order valence-electron chi connectivity index (χ2n) is 7.71. The van der Waals surface area contributed by atoms with Crippen molar-refractivity contribution in [3.63, 3.8) is 0 Å². The fourth-order valence-electron chi connectivity index (χ4n) is 4.04. The second kappa shape index (κ2) is 7.98. The lowest BCUT2D eigenvalue weighted by molar-refractivity contribution is -0.145. The maximum absolute atomic E-state index is 12.9. The number of hydrogen-bond acceptors (Lipinski definition) is 3. The molecule has 0 spiro atoms. The number of hydrogen-bond donors (Lipinski definition) is 0. The molecule has 0 radical (unpaired) electrons. The molecular weight excluding hydrogens is 314 g/mol. The van der Waals surface area contributed by atoms with Crippen LogP contribution in [-0.2, 0) is 16.0 Å². The van der Waals surface area contributed by atoms with Gasteiger partial charge in [-0.3, -0.25) is 14.6 Å². The van der Waals surface area contributed by atoms with Gasteiger partial charge in [0, 0.05) is 44.5 Å². The Balaban J connectivity index is 1.50. The van der Waals surface area contributed by atoms with E-state index in [0.717, 1.165) is 32.4 Å². The normalized spacial score (nSPS) is 22.5. The summed E-state index contributed by atoms with van der Waals surface area (Å²) < 4.78 is 0. The van der Waals surface area contributed by atoms with Gasteiger partial charge in [0.05, 0.1) is 5.92 Å². The molecule has 0 N–H and O–H groups in total. The van der Waals surface area contributed by atoms with E-state index in [2.05, 4.69) is 11.1 Å². The van der Waals surface area contributed by atoms with E-state index in [1.165, 1.54) is 5.56 Å². The summed E-state index contributed by atoms with van der Waals surface area (Å²) in [5, 5.41) is 0. The average molecular weight is 343 g/mol. The first-order valence-electron chi connectivity index (χ1n) is 9.51. The molecule has 25 heavy (non-hydrogen) atoms. The molecule has 3 heterocycles. The standard InChI is InChI=1S/C20H29N3O2/c1-15(2)23-14-18(5-6-19(23)24)20(25)22-10-7-16(8-11-22)12-17-4-3-9-21-13-17/h3-4,9,13,15-16,18H,5-8,10-12,14H2,1-2H3/t18-/m0/s1. The molecule has 0 unspecified atom stereocenters. The first kappa shape index (κ1) is 17.9. The van der Waals surface area contributed by atoms with Crippen LogP contribution in [0.2, 0.25) is 0 Å². The fraction of sp³-hybridized carbons (Fsp3) is 0.650. The number of carbonyl (C=O) groups excluding carboxylic acids is 2. The molecule has 0 aliphatic carbocycles. The van der Waals surface area contributed by atoms with Crippen molar-refractivity contribution >= 4 is 11.8 Å². The number of carbonyl (C=O) groups is 2. The van der Waals surface area contributed by atoms with Crippen molar-refractivity contribution in [3.05, 3.63) is 30.1 Å². The quantitative estimate of drug-likeness (QED) is 0.844. The smallest absolute Gasteiger partial charge is 0.227 e. The second-order valence-corrected chi connectivity index (χ2v) is 7.71. The van der Waals surface area contributed by atoms with E-state index in [9.17, 15) is 9.59 Å². The maximum Gasteiger partial charge on any atom is 0.227 e. The van der Waals surface area contributed by atoms with Crippen LogP contribution in [-0.4, -0.2) is 52.3 Å². The van der Waals surface area contributed by atoms with Crippen molar-refractivity contribution in [1.29, 1.82) is 0 Å². The molecule has 1 atom stereocenters. The molecule has 2 aliphatic heterocycles. The van der Waals surface area contributed by atoms with Crippen molar-refractivity contribution in [2.24, 2.45) is 11.8 Å². The van der Waals surface area contributed by atoms with Crippen LogP contribution in [0.5, 0.6) is 0 Å². The average Bonchev–Trinajstić information content (AvgIpc) is 2.63. The molecule has 5 heteroatoms. The zero-order chi connectivity index (χ0) is 17.8. The summed E-state index contributed by atoms with van der Waals surface area (Å²) in [5.74, 6) is 1.05. The zero-order valence-electron chi connectivity index (χ0n) is 15.4. The number of likely N-dealkylation sites (tertiary alicyclic amines) is 2. The van der Waals surface area contributed by atoms with Crippen LogP contribution in [0.3, 0.4) is 0 Å². The van der Waals surface area contributed by atoms with Crippen molar-refractivity contribution < 1.29 is 9.59 Å². The lowest BCUT2D eigenvalue weighted by Crippen LogP contribution is -2.50. The van der Waals surface area contributed by atoms with Gasteiger partial charge >= 0.3 is 0 Å². The molecule has 1 aromatic heterocycles. The molecular formula is C20H29N3O2. The summed E-state index contributed by atoms with van der Waals surface area (Å²) in [6.07, 6.45) is 8.12. The molecule has 0 aromatic carbocycles. The first-order valence-corrected chi connectivity index (χ1v) is 9.51. The number of nitrogens with zero attached hydrogens (tertiary/aromatic N) is 3. The van der Waals surface area contributed by atoms with E-state index in [0.29, 0.717) is 25.3 Å². The Labute approximate surface area is 150 Å². The first-order chi connectivity index (χ1) is 12.0. The third-order valence-corrected chi connectivity index (χ3v) is 5.59. The van der Waals surface area contributed by atoms with Crippen molar-refractivity contribution in [2.75, 3.05) is 19.6 Å². The summed E-state index contributed by atoms with van der Waals surface area (Å²) in [6.45, 7) is 6.32. The SMILES string of the molecule is CC(C)N1C[C@@H](C(=O)N2CCC(Cc3cccnc3)CC2)CCC1=O. The Bertz CT molecular complexity index is 594. The summed E-state index contributed by atoms with van der Waals surface area (Å²) in [6, 6.07) is 4.29. The Morgan fingerprint density at radius 3 is 2.68 bits per heavy atom. The van der Waals surface area contributed by atoms with Crippen LogP contribution in [0, 0.1) is 11.8 Å². The molecule has 5 nitrogen and oxygen atoms in total. The molecule has 136 valence electrons. The summed E-state index contributed by atoms with van der Waals surface area (Å²) in [5.41, 5.74) is 1.28. The van der Waals surface area contributed by atoms with Gasteiger partial charge in [-0.25, -0.2) is 0 Å². The van der Waals surface area contributed by atoms with Crippen LogP contribution < -0.4 is 0 Å².